The van der Waals surface area contributed by atoms with E-state index >= 15 is 0 Å². The summed E-state index contributed by atoms with van der Waals surface area (Å²) < 4.78 is 35.3. The van der Waals surface area contributed by atoms with Gasteiger partial charge in [0, 0.05) is 23.6 Å². The normalized spacial score (nSPS) is 21.8. The highest BCUT2D eigenvalue weighted by Gasteiger charge is 2.37. The third kappa shape index (κ3) is 4.10. The Kier molecular flexibility index (Phi) is 5.97. The Morgan fingerprint density at radius 3 is 2.50 bits per heavy atom. The molecule has 7 nitrogen and oxygen atoms in total. The molecule has 1 N–H and O–H groups in total. The van der Waals surface area contributed by atoms with E-state index in [9.17, 15) is 23.1 Å². The number of carboxylic acid groups (broad SMARTS) is 1. The van der Waals surface area contributed by atoms with Gasteiger partial charge in [-0.05, 0) is 66.8 Å². The molecule has 6 bridgehead atoms. The fourth-order valence-electron chi connectivity index (χ4n) is 5.22. The van der Waals surface area contributed by atoms with Crippen LogP contribution in [0.3, 0.4) is 0 Å². The van der Waals surface area contributed by atoms with Gasteiger partial charge in [-0.2, -0.15) is 4.31 Å². The van der Waals surface area contributed by atoms with Crippen LogP contribution in [0.4, 0.5) is 0 Å². The zero-order valence-corrected chi connectivity index (χ0v) is 21.1. The molecule has 2 heterocycles. The van der Waals surface area contributed by atoms with Gasteiger partial charge in [-0.3, -0.25) is 9.59 Å². The minimum Gasteiger partial charge on any atom is -0.483 e. The van der Waals surface area contributed by atoms with E-state index in [1.54, 1.807) is 24.3 Å². The molecule has 0 saturated heterocycles. The van der Waals surface area contributed by atoms with E-state index in [4.69, 9.17) is 4.74 Å². The lowest BCUT2D eigenvalue weighted by atomic mass is 9.82. The zero-order valence-electron chi connectivity index (χ0n) is 20.3. The van der Waals surface area contributed by atoms with Gasteiger partial charge in [0.25, 0.3) is 0 Å². The van der Waals surface area contributed by atoms with E-state index in [0.29, 0.717) is 11.1 Å². The molecule has 0 fully saturated rings. The smallest absolute Gasteiger partial charge is 0.304 e. The third-order valence-corrected chi connectivity index (χ3v) is 9.00. The number of carbonyl (C=O) groups excluding carboxylic acids is 1. The summed E-state index contributed by atoms with van der Waals surface area (Å²) in [7, 11) is -3.92. The maximum atomic E-state index is 13.8. The Labute approximate surface area is 210 Å². The maximum Gasteiger partial charge on any atom is 0.304 e. The van der Waals surface area contributed by atoms with Gasteiger partial charge in [0.15, 0.2) is 5.78 Å². The van der Waals surface area contributed by atoms with Crippen molar-refractivity contribution in [1.29, 1.82) is 0 Å². The van der Waals surface area contributed by atoms with E-state index in [1.807, 2.05) is 38.1 Å². The number of fused-ring (bicyclic) bond motifs is 8. The van der Waals surface area contributed by atoms with Gasteiger partial charge in [-0.25, -0.2) is 8.42 Å². The molecule has 2 unspecified atom stereocenters. The topological polar surface area (TPSA) is 101 Å². The standard InChI is InChI=1S/C28H27NO6S/c1-16-8-9-19-11-20(16)14-29-15-26(35-25-6-4-5-7-27(25)36(29,33)34)24-12-21(23(19)13-28(31)32)17(2)10-22(24)18(3)30/h4-12,23,26H,13-15H2,1-3H3,(H,31,32)/t23?,26-/m0/s1. The number of aryl methyl sites for hydroxylation is 2. The van der Waals surface area contributed by atoms with Crippen molar-refractivity contribution in [3.63, 3.8) is 0 Å². The maximum absolute atomic E-state index is 13.8. The Balaban J connectivity index is 1.85. The zero-order chi connectivity index (χ0) is 25.8. The van der Waals surface area contributed by atoms with Crippen LogP contribution in [0.2, 0.25) is 0 Å². The summed E-state index contributed by atoms with van der Waals surface area (Å²) in [6.07, 6.45) is -0.901. The van der Waals surface area contributed by atoms with Crippen molar-refractivity contribution >= 4 is 21.8 Å². The second-order valence-corrected chi connectivity index (χ2v) is 11.4. The van der Waals surface area contributed by atoms with Crippen molar-refractivity contribution < 1.29 is 27.9 Å². The van der Waals surface area contributed by atoms with Crippen molar-refractivity contribution in [2.24, 2.45) is 0 Å². The molecule has 0 spiro atoms. The number of carbonyl (C=O) groups is 2. The predicted octanol–water partition coefficient (Wildman–Crippen LogP) is 4.75. The van der Waals surface area contributed by atoms with Crippen LogP contribution in [-0.4, -0.2) is 36.1 Å². The number of Topliss-reactive ketones (excluding diaryl/α,β-unsaturated/α-hetero) is 1. The number of carboxylic acids is 1. The van der Waals surface area contributed by atoms with Gasteiger partial charge in [0.2, 0.25) is 10.0 Å². The van der Waals surface area contributed by atoms with Crippen LogP contribution in [0.1, 0.15) is 69.1 Å². The largest absolute Gasteiger partial charge is 0.483 e. The van der Waals surface area contributed by atoms with E-state index < -0.39 is 28.0 Å². The van der Waals surface area contributed by atoms with Gasteiger partial charge >= 0.3 is 5.97 Å². The number of ketones is 1. The summed E-state index contributed by atoms with van der Waals surface area (Å²) in [6.45, 7) is 5.36. The van der Waals surface area contributed by atoms with Gasteiger partial charge in [-0.15, -0.1) is 0 Å². The fraction of sp³-hybridized carbons (Fsp3) is 0.286. The summed E-state index contributed by atoms with van der Waals surface area (Å²) in [6, 6.07) is 15.9. The summed E-state index contributed by atoms with van der Waals surface area (Å²) >= 11 is 0. The third-order valence-electron chi connectivity index (χ3n) is 7.15. The first-order chi connectivity index (χ1) is 17.1. The quantitative estimate of drug-likeness (QED) is 0.516. The molecule has 8 heteroatoms. The molecule has 3 atom stereocenters. The van der Waals surface area contributed by atoms with Crippen molar-refractivity contribution in [3.8, 4) is 5.75 Å². The number of hydrogen-bond donors (Lipinski definition) is 1. The van der Waals surface area contributed by atoms with Crippen molar-refractivity contribution in [2.75, 3.05) is 6.54 Å². The summed E-state index contributed by atoms with van der Waals surface area (Å²) in [5, 5.41) is 9.76. The van der Waals surface area contributed by atoms with Crippen LogP contribution in [0.15, 0.2) is 59.5 Å². The highest BCUT2D eigenvalue weighted by molar-refractivity contribution is 7.89. The Morgan fingerprint density at radius 1 is 1.03 bits per heavy atom. The Morgan fingerprint density at radius 2 is 1.78 bits per heavy atom. The van der Waals surface area contributed by atoms with Crippen LogP contribution >= 0.6 is 0 Å². The Hall–Kier alpha value is -3.49. The predicted molar refractivity (Wildman–Crippen MR) is 134 cm³/mol. The summed E-state index contributed by atoms with van der Waals surface area (Å²) in [5.74, 6) is -1.36. The molecule has 5 rings (SSSR count). The van der Waals surface area contributed by atoms with Crippen molar-refractivity contribution in [3.05, 3.63) is 93.5 Å². The second kappa shape index (κ2) is 8.87. The lowest BCUT2D eigenvalue weighted by Gasteiger charge is -2.25. The molecule has 0 aliphatic carbocycles. The monoisotopic (exact) mass is 505 g/mol. The van der Waals surface area contributed by atoms with Crippen LogP contribution in [0.5, 0.6) is 5.75 Å². The molecule has 0 radical (unpaired) electrons. The first-order valence-electron chi connectivity index (χ1n) is 11.8. The molecule has 2 aliphatic heterocycles. The first kappa shape index (κ1) is 24.2. The minimum absolute atomic E-state index is 0.00700. The minimum atomic E-state index is -3.92. The summed E-state index contributed by atoms with van der Waals surface area (Å²) in [4.78, 5) is 24.7. The number of aliphatic carboxylic acids is 1. The van der Waals surface area contributed by atoms with Crippen LogP contribution in [-0.2, 0) is 21.4 Å². The average Bonchev–Trinajstić information content (AvgIpc) is 2.93. The molecular weight excluding hydrogens is 478 g/mol. The molecule has 2 aliphatic rings. The number of para-hydroxylation sites is 1. The van der Waals surface area contributed by atoms with Gasteiger partial charge in [0.05, 0.1) is 13.0 Å². The van der Waals surface area contributed by atoms with Gasteiger partial charge < -0.3 is 9.84 Å². The average molecular weight is 506 g/mol. The van der Waals surface area contributed by atoms with Crippen LogP contribution < -0.4 is 4.74 Å². The van der Waals surface area contributed by atoms with E-state index in [0.717, 1.165) is 27.8 Å². The molecule has 0 amide bonds. The fourth-order valence-corrected chi connectivity index (χ4v) is 6.76. The lowest BCUT2D eigenvalue weighted by molar-refractivity contribution is -0.137. The molecule has 0 aromatic heterocycles. The number of nitrogens with zero attached hydrogens (tertiary/aromatic N) is 1. The number of ether oxygens (including phenoxy) is 1. The molecular formula is C28H27NO6S. The highest BCUT2D eigenvalue weighted by atomic mass is 32.2. The van der Waals surface area contributed by atoms with Crippen LogP contribution in [0.25, 0.3) is 0 Å². The second-order valence-electron chi connectivity index (χ2n) is 9.54. The van der Waals surface area contributed by atoms with E-state index in [2.05, 4.69) is 0 Å². The van der Waals surface area contributed by atoms with Gasteiger partial charge in [-0.1, -0.05) is 36.4 Å². The Bertz CT molecular complexity index is 1510. The van der Waals surface area contributed by atoms with Gasteiger partial charge in [0.1, 0.15) is 16.7 Å². The molecule has 186 valence electrons. The first-order valence-corrected chi connectivity index (χ1v) is 13.2. The SMILES string of the molecule is CC(=O)c1cc(C)c2cc1[C@@H]1CN(Cc3cc(ccc3C)C2CC(=O)O)S(=O)(=O)c2ccccc2O1. The molecule has 0 saturated carbocycles. The highest BCUT2D eigenvalue weighted by Crippen LogP contribution is 2.41. The molecule has 3 aromatic carbocycles. The van der Waals surface area contributed by atoms with E-state index in [1.165, 1.54) is 17.3 Å². The van der Waals surface area contributed by atoms with Crippen molar-refractivity contribution in [2.45, 2.75) is 50.7 Å². The van der Waals surface area contributed by atoms with Crippen molar-refractivity contribution in [1.82, 2.24) is 4.31 Å². The molecule has 3 aromatic rings. The number of hydrogen-bond acceptors (Lipinski definition) is 5. The number of benzene rings is 3. The number of sulfonamides is 1. The van der Waals surface area contributed by atoms with E-state index in [-0.39, 0.29) is 35.9 Å². The number of rotatable bonds is 3. The summed E-state index contributed by atoms with van der Waals surface area (Å²) in [5.41, 5.74) is 5.07. The molecule has 36 heavy (non-hydrogen) atoms. The van der Waals surface area contributed by atoms with Crippen LogP contribution in [0, 0.1) is 13.8 Å². The lowest BCUT2D eigenvalue weighted by Crippen LogP contribution is -2.34.